The fourth-order valence-corrected chi connectivity index (χ4v) is 3.60. The molecule has 1 aliphatic carbocycles. The first-order chi connectivity index (χ1) is 8.53. The van der Waals surface area contributed by atoms with Crippen LogP contribution in [0.4, 0.5) is 0 Å². The summed E-state index contributed by atoms with van der Waals surface area (Å²) in [5.41, 5.74) is 6.95. The molecule has 1 aromatic heterocycles. The van der Waals surface area contributed by atoms with Gasteiger partial charge in [0, 0.05) is 5.38 Å². The average molecular weight is 268 g/mol. The summed E-state index contributed by atoms with van der Waals surface area (Å²) >= 11 is 1.57. The third-order valence-corrected chi connectivity index (χ3v) is 4.67. The number of ether oxygens (including phenoxy) is 1. The molecule has 0 amide bonds. The molecule has 4 nitrogen and oxygen atoms in total. The normalized spacial score (nSPS) is 28.1. The third kappa shape index (κ3) is 2.90. The van der Waals surface area contributed by atoms with E-state index in [1.165, 1.54) is 13.5 Å². The molecule has 1 fully saturated rings. The van der Waals surface area contributed by atoms with Gasteiger partial charge in [-0.2, -0.15) is 0 Å². The quantitative estimate of drug-likeness (QED) is 0.854. The molecule has 0 spiro atoms. The van der Waals surface area contributed by atoms with Gasteiger partial charge in [-0.05, 0) is 18.8 Å². The van der Waals surface area contributed by atoms with Gasteiger partial charge in [0.1, 0.15) is 5.01 Å². The number of methoxy groups -OCH3 is 1. The zero-order chi connectivity index (χ0) is 13.2. The maximum absolute atomic E-state index is 11.2. The minimum absolute atomic E-state index is 0.235. The Balaban J connectivity index is 2.11. The lowest BCUT2D eigenvalue weighted by Crippen LogP contribution is -2.40. The highest BCUT2D eigenvalue weighted by Crippen LogP contribution is 2.38. The Kier molecular flexibility index (Phi) is 4.02. The maximum Gasteiger partial charge on any atom is 0.311 e. The van der Waals surface area contributed by atoms with Crippen molar-refractivity contribution < 1.29 is 9.53 Å². The second-order valence-electron chi connectivity index (χ2n) is 5.25. The van der Waals surface area contributed by atoms with Crippen LogP contribution in [0.25, 0.3) is 0 Å². The van der Waals surface area contributed by atoms with E-state index in [-0.39, 0.29) is 17.9 Å². The van der Waals surface area contributed by atoms with E-state index in [0.29, 0.717) is 5.92 Å². The summed E-state index contributed by atoms with van der Waals surface area (Å²) < 4.78 is 4.65. The van der Waals surface area contributed by atoms with Crippen molar-refractivity contribution in [3.05, 3.63) is 16.1 Å². The Bertz CT molecular complexity index is 432. The van der Waals surface area contributed by atoms with Crippen LogP contribution in [0.2, 0.25) is 0 Å². The molecule has 5 heteroatoms. The molecule has 1 aliphatic rings. The topological polar surface area (TPSA) is 65.2 Å². The van der Waals surface area contributed by atoms with Crippen LogP contribution in [0.15, 0.2) is 5.38 Å². The summed E-state index contributed by atoms with van der Waals surface area (Å²) in [6.45, 7) is 2.24. The molecular formula is C13H20N2O2S. The van der Waals surface area contributed by atoms with E-state index < -0.39 is 0 Å². The van der Waals surface area contributed by atoms with Gasteiger partial charge in [0.05, 0.1) is 24.8 Å². The Morgan fingerprint density at radius 3 is 3.17 bits per heavy atom. The largest absolute Gasteiger partial charge is 0.469 e. The Morgan fingerprint density at radius 1 is 1.72 bits per heavy atom. The van der Waals surface area contributed by atoms with Crippen molar-refractivity contribution in [2.75, 3.05) is 7.11 Å². The van der Waals surface area contributed by atoms with Crippen molar-refractivity contribution >= 4 is 17.3 Å². The monoisotopic (exact) mass is 268 g/mol. The van der Waals surface area contributed by atoms with Crippen molar-refractivity contribution in [2.24, 2.45) is 11.7 Å². The van der Waals surface area contributed by atoms with Gasteiger partial charge >= 0.3 is 5.97 Å². The summed E-state index contributed by atoms with van der Waals surface area (Å²) in [6.07, 6.45) is 4.61. The van der Waals surface area contributed by atoms with Crippen molar-refractivity contribution in [2.45, 2.75) is 44.6 Å². The molecule has 1 aromatic rings. The van der Waals surface area contributed by atoms with Crippen LogP contribution in [0.5, 0.6) is 0 Å². The van der Waals surface area contributed by atoms with E-state index >= 15 is 0 Å². The van der Waals surface area contributed by atoms with E-state index in [4.69, 9.17) is 5.73 Å². The standard InChI is InChI=1S/C13H20N2O2S/c1-9-4-3-5-13(14,7-9)12-15-10(8-18-12)6-11(16)17-2/h8-9H,3-7,14H2,1-2H3. The van der Waals surface area contributed by atoms with Gasteiger partial charge in [0.2, 0.25) is 0 Å². The number of esters is 1. The summed E-state index contributed by atoms with van der Waals surface area (Å²) in [4.78, 5) is 15.7. The molecule has 0 aromatic carbocycles. The van der Waals surface area contributed by atoms with Crippen molar-refractivity contribution in [1.82, 2.24) is 4.98 Å². The molecular weight excluding hydrogens is 248 g/mol. The number of rotatable bonds is 3. The highest BCUT2D eigenvalue weighted by atomic mass is 32.1. The summed E-state index contributed by atoms with van der Waals surface area (Å²) in [7, 11) is 1.39. The van der Waals surface area contributed by atoms with E-state index in [0.717, 1.165) is 30.0 Å². The Hall–Kier alpha value is -0.940. The molecule has 0 aliphatic heterocycles. The summed E-state index contributed by atoms with van der Waals surface area (Å²) in [5.74, 6) is 0.395. The van der Waals surface area contributed by atoms with Crippen molar-refractivity contribution in [3.8, 4) is 0 Å². The zero-order valence-corrected chi connectivity index (χ0v) is 11.8. The number of hydrogen-bond donors (Lipinski definition) is 1. The number of thiazole rings is 1. The van der Waals surface area contributed by atoms with Gasteiger partial charge in [-0.3, -0.25) is 4.79 Å². The van der Waals surface area contributed by atoms with Gasteiger partial charge in [0.25, 0.3) is 0 Å². The molecule has 18 heavy (non-hydrogen) atoms. The third-order valence-electron chi connectivity index (χ3n) is 3.56. The lowest BCUT2D eigenvalue weighted by molar-refractivity contribution is -0.139. The first-order valence-electron chi connectivity index (χ1n) is 6.34. The molecule has 0 bridgehead atoms. The number of nitrogens with two attached hydrogens (primary N) is 1. The van der Waals surface area contributed by atoms with Crippen LogP contribution in [0, 0.1) is 5.92 Å². The number of aromatic nitrogens is 1. The van der Waals surface area contributed by atoms with Crippen LogP contribution in [-0.4, -0.2) is 18.1 Å². The Morgan fingerprint density at radius 2 is 2.50 bits per heavy atom. The van der Waals surface area contributed by atoms with Crippen LogP contribution in [-0.2, 0) is 21.5 Å². The van der Waals surface area contributed by atoms with Crippen LogP contribution >= 0.6 is 11.3 Å². The molecule has 1 heterocycles. The molecule has 100 valence electrons. The second kappa shape index (κ2) is 5.36. The minimum Gasteiger partial charge on any atom is -0.469 e. The fraction of sp³-hybridized carbons (Fsp3) is 0.692. The van der Waals surface area contributed by atoms with E-state index in [2.05, 4.69) is 16.6 Å². The first kappa shape index (κ1) is 13.5. The van der Waals surface area contributed by atoms with Crippen LogP contribution in [0.1, 0.15) is 43.3 Å². The molecule has 0 radical (unpaired) electrons. The molecule has 2 rings (SSSR count). The molecule has 2 N–H and O–H groups in total. The molecule has 2 unspecified atom stereocenters. The summed E-state index contributed by atoms with van der Waals surface area (Å²) in [5, 5.41) is 2.88. The molecule has 0 saturated heterocycles. The first-order valence-corrected chi connectivity index (χ1v) is 7.22. The average Bonchev–Trinajstić information content (AvgIpc) is 2.78. The maximum atomic E-state index is 11.2. The van der Waals surface area contributed by atoms with E-state index in [1.54, 1.807) is 11.3 Å². The van der Waals surface area contributed by atoms with Gasteiger partial charge in [-0.1, -0.05) is 19.8 Å². The van der Waals surface area contributed by atoms with Crippen molar-refractivity contribution in [1.29, 1.82) is 0 Å². The highest BCUT2D eigenvalue weighted by molar-refractivity contribution is 7.09. The smallest absolute Gasteiger partial charge is 0.311 e. The predicted molar refractivity (Wildman–Crippen MR) is 71.3 cm³/mol. The molecule has 1 saturated carbocycles. The highest BCUT2D eigenvalue weighted by Gasteiger charge is 2.35. The lowest BCUT2D eigenvalue weighted by atomic mass is 9.77. The number of hydrogen-bond acceptors (Lipinski definition) is 5. The van der Waals surface area contributed by atoms with Crippen LogP contribution < -0.4 is 5.73 Å². The van der Waals surface area contributed by atoms with Gasteiger partial charge < -0.3 is 10.5 Å². The van der Waals surface area contributed by atoms with Gasteiger partial charge in [0.15, 0.2) is 0 Å². The summed E-state index contributed by atoms with van der Waals surface area (Å²) in [6, 6.07) is 0. The Labute approximate surface area is 112 Å². The number of carbonyl (C=O) groups is 1. The van der Waals surface area contributed by atoms with Gasteiger partial charge in [-0.15, -0.1) is 11.3 Å². The number of carbonyl (C=O) groups excluding carboxylic acids is 1. The predicted octanol–water partition coefficient (Wildman–Crippen LogP) is 2.22. The van der Waals surface area contributed by atoms with Crippen LogP contribution in [0.3, 0.4) is 0 Å². The van der Waals surface area contributed by atoms with E-state index in [1.807, 2.05) is 5.38 Å². The second-order valence-corrected chi connectivity index (χ2v) is 6.11. The van der Waals surface area contributed by atoms with Gasteiger partial charge in [-0.25, -0.2) is 4.98 Å². The zero-order valence-electron chi connectivity index (χ0n) is 10.9. The van der Waals surface area contributed by atoms with E-state index in [9.17, 15) is 4.79 Å². The SMILES string of the molecule is COC(=O)Cc1csc(C2(N)CCCC(C)C2)n1. The van der Waals surface area contributed by atoms with Crippen molar-refractivity contribution in [3.63, 3.8) is 0 Å². The lowest BCUT2D eigenvalue weighted by Gasteiger charge is -2.35. The minimum atomic E-state index is -0.295. The fourth-order valence-electron chi connectivity index (χ4n) is 2.62. The number of nitrogens with zero attached hydrogens (tertiary/aromatic N) is 1. The molecule has 2 atom stereocenters.